The van der Waals surface area contributed by atoms with Gasteiger partial charge in [0.05, 0.1) is 23.2 Å². The standard InChI is InChI=1S/C19H15BrN2O2/c1-13-7-8-18(17(20)10-13)21-12-16-6-3-9-22(16)15-5-2-4-14(11-15)19(23)24/h2-12H,1H3,(H,23,24). The molecule has 0 saturated carbocycles. The topological polar surface area (TPSA) is 54.6 Å². The second-order valence-electron chi connectivity index (χ2n) is 5.37. The monoisotopic (exact) mass is 382 g/mol. The summed E-state index contributed by atoms with van der Waals surface area (Å²) in [6.07, 6.45) is 3.65. The molecule has 120 valence electrons. The highest BCUT2D eigenvalue weighted by molar-refractivity contribution is 9.10. The van der Waals surface area contributed by atoms with E-state index in [0.717, 1.165) is 27.1 Å². The average Bonchev–Trinajstić information content (AvgIpc) is 3.02. The van der Waals surface area contributed by atoms with E-state index in [9.17, 15) is 4.79 Å². The third kappa shape index (κ3) is 3.46. The molecule has 1 N–H and O–H groups in total. The lowest BCUT2D eigenvalue weighted by Crippen LogP contribution is -2.01. The van der Waals surface area contributed by atoms with Gasteiger partial charge in [0.2, 0.25) is 0 Å². The third-order valence-corrected chi connectivity index (χ3v) is 4.23. The van der Waals surface area contributed by atoms with Crippen molar-refractivity contribution in [1.29, 1.82) is 0 Å². The summed E-state index contributed by atoms with van der Waals surface area (Å²) in [4.78, 5) is 15.7. The fraction of sp³-hybridized carbons (Fsp3) is 0.0526. The van der Waals surface area contributed by atoms with Gasteiger partial charge in [-0.15, -0.1) is 0 Å². The average molecular weight is 383 g/mol. The summed E-state index contributed by atoms with van der Waals surface area (Å²) < 4.78 is 2.84. The highest BCUT2D eigenvalue weighted by Crippen LogP contribution is 2.26. The molecule has 3 rings (SSSR count). The summed E-state index contributed by atoms with van der Waals surface area (Å²) >= 11 is 3.51. The van der Waals surface area contributed by atoms with Crippen LogP contribution in [0.1, 0.15) is 21.6 Å². The molecule has 1 aromatic heterocycles. The van der Waals surface area contributed by atoms with E-state index in [4.69, 9.17) is 5.11 Å². The van der Waals surface area contributed by atoms with E-state index in [1.54, 1.807) is 24.4 Å². The lowest BCUT2D eigenvalue weighted by Gasteiger charge is -2.07. The Kier molecular flexibility index (Phi) is 4.62. The van der Waals surface area contributed by atoms with Crippen molar-refractivity contribution >= 4 is 33.8 Å². The van der Waals surface area contributed by atoms with Gasteiger partial charge in [0.25, 0.3) is 0 Å². The van der Waals surface area contributed by atoms with Crippen LogP contribution in [0.2, 0.25) is 0 Å². The van der Waals surface area contributed by atoms with Gasteiger partial charge in [-0.25, -0.2) is 4.79 Å². The molecule has 0 atom stereocenters. The van der Waals surface area contributed by atoms with Crippen molar-refractivity contribution in [3.8, 4) is 5.69 Å². The van der Waals surface area contributed by atoms with Gasteiger partial charge in [0.15, 0.2) is 0 Å². The maximum Gasteiger partial charge on any atom is 0.335 e. The lowest BCUT2D eigenvalue weighted by molar-refractivity contribution is 0.0697. The van der Waals surface area contributed by atoms with Crippen LogP contribution in [0.15, 0.2) is 70.3 Å². The number of aliphatic imine (C=N–C) groups is 1. The molecular weight excluding hydrogens is 368 g/mol. The molecule has 0 fully saturated rings. The number of nitrogens with zero attached hydrogens (tertiary/aromatic N) is 2. The van der Waals surface area contributed by atoms with Crippen LogP contribution in [-0.4, -0.2) is 21.9 Å². The molecule has 4 nitrogen and oxygen atoms in total. The lowest BCUT2D eigenvalue weighted by atomic mass is 10.2. The number of benzene rings is 2. The Labute approximate surface area is 148 Å². The minimum Gasteiger partial charge on any atom is -0.478 e. The highest BCUT2D eigenvalue weighted by Gasteiger charge is 2.06. The fourth-order valence-corrected chi connectivity index (χ4v) is 2.97. The number of aryl methyl sites for hydroxylation is 1. The van der Waals surface area contributed by atoms with E-state index in [1.807, 2.05) is 54.1 Å². The van der Waals surface area contributed by atoms with E-state index in [1.165, 1.54) is 0 Å². The van der Waals surface area contributed by atoms with E-state index in [2.05, 4.69) is 20.9 Å². The zero-order valence-corrected chi connectivity index (χ0v) is 14.6. The quantitative estimate of drug-likeness (QED) is 0.645. The summed E-state index contributed by atoms with van der Waals surface area (Å²) in [6.45, 7) is 2.03. The van der Waals surface area contributed by atoms with Crippen LogP contribution in [0.25, 0.3) is 5.69 Å². The molecule has 24 heavy (non-hydrogen) atoms. The van der Waals surface area contributed by atoms with Gasteiger partial charge in [-0.1, -0.05) is 12.1 Å². The van der Waals surface area contributed by atoms with Crippen molar-refractivity contribution in [1.82, 2.24) is 4.57 Å². The Bertz CT molecular complexity index is 929. The van der Waals surface area contributed by atoms with Crippen LogP contribution in [0, 0.1) is 6.92 Å². The molecular formula is C19H15BrN2O2. The Balaban J connectivity index is 1.95. The van der Waals surface area contributed by atoms with Crippen LogP contribution < -0.4 is 0 Å². The molecule has 0 aliphatic heterocycles. The van der Waals surface area contributed by atoms with Crippen molar-refractivity contribution in [3.05, 3.63) is 82.1 Å². The van der Waals surface area contributed by atoms with Crippen LogP contribution in [0.5, 0.6) is 0 Å². The molecule has 0 spiro atoms. The second-order valence-corrected chi connectivity index (χ2v) is 6.23. The molecule has 1 heterocycles. The summed E-state index contributed by atoms with van der Waals surface area (Å²) in [5.74, 6) is -0.942. The van der Waals surface area contributed by atoms with E-state index in [-0.39, 0.29) is 5.56 Å². The summed E-state index contributed by atoms with van der Waals surface area (Å²) in [5.41, 5.74) is 3.90. The van der Waals surface area contributed by atoms with Crippen molar-refractivity contribution in [2.45, 2.75) is 6.92 Å². The number of aromatic carboxylic acids is 1. The predicted octanol–water partition coefficient (Wildman–Crippen LogP) is 5.00. The zero-order valence-electron chi connectivity index (χ0n) is 13.0. The van der Waals surface area contributed by atoms with Crippen LogP contribution >= 0.6 is 15.9 Å². The van der Waals surface area contributed by atoms with Crippen molar-refractivity contribution in [3.63, 3.8) is 0 Å². The van der Waals surface area contributed by atoms with Gasteiger partial charge >= 0.3 is 5.97 Å². The number of carbonyl (C=O) groups is 1. The number of carboxylic acid groups (broad SMARTS) is 1. The third-order valence-electron chi connectivity index (χ3n) is 3.59. The number of halogens is 1. The summed E-state index contributed by atoms with van der Waals surface area (Å²) in [7, 11) is 0. The molecule has 0 radical (unpaired) electrons. The zero-order chi connectivity index (χ0) is 17.1. The molecule has 0 bridgehead atoms. The van der Waals surface area contributed by atoms with Gasteiger partial charge in [0.1, 0.15) is 0 Å². The number of hydrogen-bond donors (Lipinski definition) is 1. The fourth-order valence-electron chi connectivity index (χ4n) is 2.38. The first-order chi connectivity index (χ1) is 11.5. The van der Waals surface area contributed by atoms with Crippen LogP contribution in [0.3, 0.4) is 0 Å². The highest BCUT2D eigenvalue weighted by atomic mass is 79.9. The van der Waals surface area contributed by atoms with Gasteiger partial charge in [-0.2, -0.15) is 0 Å². The smallest absolute Gasteiger partial charge is 0.335 e. The molecule has 0 saturated heterocycles. The predicted molar refractivity (Wildman–Crippen MR) is 98.9 cm³/mol. The molecule has 0 aliphatic carbocycles. The Morgan fingerprint density at radius 1 is 1.17 bits per heavy atom. The van der Waals surface area contributed by atoms with Crippen molar-refractivity contribution < 1.29 is 9.90 Å². The van der Waals surface area contributed by atoms with Crippen molar-refractivity contribution in [2.24, 2.45) is 4.99 Å². The minimum atomic E-state index is -0.942. The normalized spacial score (nSPS) is 11.1. The van der Waals surface area contributed by atoms with Crippen LogP contribution in [-0.2, 0) is 0 Å². The maximum absolute atomic E-state index is 11.1. The second kappa shape index (κ2) is 6.84. The Morgan fingerprint density at radius 2 is 2.00 bits per heavy atom. The van der Waals surface area contributed by atoms with E-state index in [0.29, 0.717) is 0 Å². The first-order valence-corrected chi connectivity index (χ1v) is 8.15. The largest absolute Gasteiger partial charge is 0.478 e. The molecule has 0 amide bonds. The van der Waals surface area contributed by atoms with E-state index >= 15 is 0 Å². The first kappa shape index (κ1) is 16.2. The number of carboxylic acids is 1. The van der Waals surface area contributed by atoms with Gasteiger partial charge in [-0.05, 0) is 70.9 Å². The Morgan fingerprint density at radius 3 is 2.75 bits per heavy atom. The number of aromatic nitrogens is 1. The molecule has 0 unspecified atom stereocenters. The van der Waals surface area contributed by atoms with Gasteiger partial charge in [0, 0.05) is 16.4 Å². The molecule has 5 heteroatoms. The molecule has 0 aliphatic rings. The first-order valence-electron chi connectivity index (χ1n) is 7.36. The van der Waals surface area contributed by atoms with Crippen molar-refractivity contribution in [2.75, 3.05) is 0 Å². The summed E-state index contributed by atoms with van der Waals surface area (Å²) in [6, 6.07) is 16.6. The summed E-state index contributed by atoms with van der Waals surface area (Å²) in [5, 5.41) is 9.14. The number of rotatable bonds is 4. The maximum atomic E-state index is 11.1. The van der Waals surface area contributed by atoms with E-state index < -0.39 is 5.97 Å². The molecule has 3 aromatic rings. The minimum absolute atomic E-state index is 0.255. The van der Waals surface area contributed by atoms with Gasteiger partial charge < -0.3 is 9.67 Å². The van der Waals surface area contributed by atoms with Crippen LogP contribution in [0.4, 0.5) is 5.69 Å². The van der Waals surface area contributed by atoms with Gasteiger partial charge in [-0.3, -0.25) is 4.99 Å². The number of hydrogen-bond acceptors (Lipinski definition) is 2. The molecule has 2 aromatic carbocycles. The SMILES string of the molecule is Cc1ccc(N=Cc2cccn2-c2cccc(C(=O)O)c2)c(Br)c1. The Hall–Kier alpha value is -2.66.